The molecule has 78 valence electrons. The zero-order chi connectivity index (χ0) is 10.4. The molecule has 0 radical (unpaired) electrons. The number of nitrogens with zero attached hydrogens (tertiary/aromatic N) is 2. The van der Waals surface area contributed by atoms with Crippen LogP contribution in [0, 0.1) is 6.92 Å². The van der Waals surface area contributed by atoms with Crippen LogP contribution in [-0.4, -0.2) is 34.8 Å². The van der Waals surface area contributed by atoms with Gasteiger partial charge in [0.2, 0.25) is 11.8 Å². The van der Waals surface area contributed by atoms with Gasteiger partial charge in [0, 0.05) is 18.3 Å². The Bertz CT molecular complexity index is 291. The quantitative estimate of drug-likeness (QED) is 0.723. The van der Waals surface area contributed by atoms with Crippen molar-refractivity contribution >= 4 is 5.95 Å². The molecule has 0 spiro atoms. The van der Waals surface area contributed by atoms with Crippen LogP contribution in [-0.2, 0) is 0 Å². The van der Waals surface area contributed by atoms with Gasteiger partial charge in [0.25, 0.3) is 0 Å². The fraction of sp³-hybridized carbons (Fsp3) is 0.556. The summed E-state index contributed by atoms with van der Waals surface area (Å²) >= 11 is 0. The second-order valence-corrected chi connectivity index (χ2v) is 2.78. The zero-order valence-electron chi connectivity index (χ0n) is 8.45. The van der Waals surface area contributed by atoms with Gasteiger partial charge in [0.05, 0.1) is 6.61 Å². The van der Waals surface area contributed by atoms with Crippen molar-refractivity contribution in [3.63, 3.8) is 0 Å². The summed E-state index contributed by atoms with van der Waals surface area (Å²) in [7, 11) is 0. The molecule has 5 heteroatoms. The Balaban J connectivity index is 2.74. The average molecular weight is 197 g/mol. The highest BCUT2D eigenvalue weighted by Gasteiger charge is 2.03. The first-order chi connectivity index (χ1) is 6.77. The van der Waals surface area contributed by atoms with Gasteiger partial charge in [-0.3, -0.25) is 0 Å². The number of nitrogens with one attached hydrogen (secondary N) is 1. The topological polar surface area (TPSA) is 67.3 Å². The van der Waals surface area contributed by atoms with Crippen molar-refractivity contribution < 1.29 is 9.84 Å². The van der Waals surface area contributed by atoms with Crippen molar-refractivity contribution in [1.29, 1.82) is 0 Å². The Morgan fingerprint density at radius 3 is 3.00 bits per heavy atom. The lowest BCUT2D eigenvalue weighted by Gasteiger charge is -2.08. The minimum absolute atomic E-state index is 0.0139. The van der Waals surface area contributed by atoms with E-state index in [2.05, 4.69) is 15.3 Å². The normalized spacial score (nSPS) is 9.93. The molecule has 0 amide bonds. The van der Waals surface area contributed by atoms with E-state index in [-0.39, 0.29) is 13.2 Å². The number of ether oxygens (including phenoxy) is 1. The van der Waals surface area contributed by atoms with Crippen LogP contribution in [0.5, 0.6) is 5.88 Å². The van der Waals surface area contributed by atoms with Gasteiger partial charge >= 0.3 is 0 Å². The van der Waals surface area contributed by atoms with E-state index in [9.17, 15) is 0 Å². The standard InChI is InChI=1S/C9H15N3O2/c1-3-10-9-11-6-7(2)8(12-9)14-5-4-13/h6,13H,3-5H2,1-2H3,(H,10,11,12). The number of rotatable bonds is 5. The molecule has 5 nitrogen and oxygen atoms in total. The van der Waals surface area contributed by atoms with E-state index in [1.54, 1.807) is 6.20 Å². The van der Waals surface area contributed by atoms with Crippen LogP contribution in [0.25, 0.3) is 0 Å². The van der Waals surface area contributed by atoms with Crippen LogP contribution < -0.4 is 10.1 Å². The highest BCUT2D eigenvalue weighted by molar-refractivity contribution is 5.32. The van der Waals surface area contributed by atoms with Gasteiger partial charge in [-0.25, -0.2) is 4.98 Å². The van der Waals surface area contributed by atoms with Crippen molar-refractivity contribution in [2.75, 3.05) is 25.1 Å². The minimum atomic E-state index is -0.0139. The summed E-state index contributed by atoms with van der Waals surface area (Å²) in [6.45, 7) is 4.84. The molecule has 1 rings (SSSR count). The van der Waals surface area contributed by atoms with Crippen molar-refractivity contribution in [1.82, 2.24) is 9.97 Å². The van der Waals surface area contributed by atoms with E-state index >= 15 is 0 Å². The Labute approximate surface area is 83.2 Å². The molecule has 0 saturated carbocycles. The molecule has 0 aliphatic rings. The summed E-state index contributed by atoms with van der Waals surface area (Å²) in [5.74, 6) is 1.07. The first kappa shape index (κ1) is 10.7. The van der Waals surface area contributed by atoms with Crippen LogP contribution >= 0.6 is 0 Å². The molecule has 0 fully saturated rings. The first-order valence-electron chi connectivity index (χ1n) is 4.59. The molecule has 0 atom stereocenters. The lowest BCUT2D eigenvalue weighted by molar-refractivity contribution is 0.196. The van der Waals surface area contributed by atoms with Gasteiger partial charge in [-0.1, -0.05) is 0 Å². The van der Waals surface area contributed by atoms with Crippen LogP contribution in [0.3, 0.4) is 0 Å². The van der Waals surface area contributed by atoms with Crippen molar-refractivity contribution in [3.05, 3.63) is 11.8 Å². The van der Waals surface area contributed by atoms with Gasteiger partial charge < -0.3 is 15.2 Å². The fourth-order valence-corrected chi connectivity index (χ4v) is 0.958. The van der Waals surface area contributed by atoms with E-state index in [0.717, 1.165) is 12.1 Å². The number of hydrogen-bond donors (Lipinski definition) is 2. The summed E-state index contributed by atoms with van der Waals surface area (Å²) in [5, 5.41) is 11.6. The molecule has 0 aromatic carbocycles. The van der Waals surface area contributed by atoms with Gasteiger partial charge in [-0.15, -0.1) is 0 Å². The number of aryl methyl sites for hydroxylation is 1. The average Bonchev–Trinajstić information content (AvgIpc) is 2.19. The summed E-state index contributed by atoms with van der Waals surface area (Å²) in [4.78, 5) is 8.22. The number of aliphatic hydroxyl groups is 1. The second kappa shape index (κ2) is 5.39. The lowest BCUT2D eigenvalue weighted by atomic mass is 10.4. The number of anilines is 1. The molecule has 1 heterocycles. The van der Waals surface area contributed by atoms with E-state index in [1.807, 2.05) is 13.8 Å². The Hall–Kier alpha value is -1.36. The fourth-order valence-electron chi connectivity index (χ4n) is 0.958. The molecule has 14 heavy (non-hydrogen) atoms. The molecular weight excluding hydrogens is 182 g/mol. The molecular formula is C9H15N3O2. The van der Waals surface area contributed by atoms with Crippen molar-refractivity contribution in [2.24, 2.45) is 0 Å². The zero-order valence-corrected chi connectivity index (χ0v) is 8.45. The molecule has 0 aliphatic heterocycles. The Morgan fingerprint density at radius 1 is 1.57 bits per heavy atom. The van der Waals surface area contributed by atoms with Crippen molar-refractivity contribution in [3.8, 4) is 5.88 Å². The molecule has 0 bridgehead atoms. The monoisotopic (exact) mass is 197 g/mol. The SMILES string of the molecule is CCNc1ncc(C)c(OCCO)n1. The molecule has 0 unspecified atom stereocenters. The van der Waals surface area contributed by atoms with Crippen LogP contribution in [0.15, 0.2) is 6.20 Å². The third-order valence-corrected chi connectivity index (χ3v) is 1.59. The first-order valence-corrected chi connectivity index (χ1v) is 4.59. The maximum atomic E-state index is 8.61. The number of aliphatic hydroxyl groups excluding tert-OH is 1. The molecule has 0 saturated heterocycles. The molecule has 1 aromatic heterocycles. The molecule has 2 N–H and O–H groups in total. The predicted molar refractivity (Wildman–Crippen MR) is 53.5 cm³/mol. The van der Waals surface area contributed by atoms with Gasteiger partial charge in [0.15, 0.2) is 0 Å². The molecule has 0 aliphatic carbocycles. The van der Waals surface area contributed by atoms with E-state index < -0.39 is 0 Å². The smallest absolute Gasteiger partial charge is 0.225 e. The van der Waals surface area contributed by atoms with Gasteiger partial charge in [-0.05, 0) is 13.8 Å². The molecule has 1 aromatic rings. The Morgan fingerprint density at radius 2 is 2.36 bits per heavy atom. The number of aromatic nitrogens is 2. The largest absolute Gasteiger partial charge is 0.475 e. The third-order valence-electron chi connectivity index (χ3n) is 1.59. The number of hydrogen-bond acceptors (Lipinski definition) is 5. The second-order valence-electron chi connectivity index (χ2n) is 2.78. The third kappa shape index (κ3) is 2.85. The highest BCUT2D eigenvalue weighted by atomic mass is 16.5. The minimum Gasteiger partial charge on any atom is -0.475 e. The lowest BCUT2D eigenvalue weighted by Crippen LogP contribution is -2.08. The predicted octanol–water partition coefficient (Wildman–Crippen LogP) is 0.588. The van der Waals surface area contributed by atoms with E-state index in [4.69, 9.17) is 9.84 Å². The van der Waals surface area contributed by atoms with Gasteiger partial charge in [0.1, 0.15) is 6.61 Å². The van der Waals surface area contributed by atoms with Crippen LogP contribution in [0.4, 0.5) is 5.95 Å². The summed E-state index contributed by atoms with van der Waals surface area (Å²) in [5.41, 5.74) is 0.861. The van der Waals surface area contributed by atoms with Crippen molar-refractivity contribution in [2.45, 2.75) is 13.8 Å². The van der Waals surface area contributed by atoms with Gasteiger partial charge in [-0.2, -0.15) is 4.98 Å². The van der Waals surface area contributed by atoms with Crippen LogP contribution in [0.2, 0.25) is 0 Å². The van der Waals surface area contributed by atoms with E-state index in [0.29, 0.717) is 11.8 Å². The maximum Gasteiger partial charge on any atom is 0.225 e. The summed E-state index contributed by atoms with van der Waals surface area (Å²) in [6.07, 6.45) is 1.69. The summed E-state index contributed by atoms with van der Waals surface area (Å²) < 4.78 is 5.23. The van der Waals surface area contributed by atoms with Crippen LogP contribution in [0.1, 0.15) is 12.5 Å². The van der Waals surface area contributed by atoms with E-state index in [1.165, 1.54) is 0 Å². The Kier molecular flexibility index (Phi) is 4.12. The summed E-state index contributed by atoms with van der Waals surface area (Å²) in [6, 6.07) is 0. The maximum absolute atomic E-state index is 8.61. The highest BCUT2D eigenvalue weighted by Crippen LogP contribution is 2.14.